The number of rotatable bonds is 7. The topological polar surface area (TPSA) is 90.9 Å². The van der Waals surface area contributed by atoms with Gasteiger partial charge in [-0.2, -0.15) is 0 Å². The molecule has 142 valence electrons. The van der Waals surface area contributed by atoms with E-state index in [4.69, 9.17) is 9.47 Å². The monoisotopic (exact) mass is 363 g/mol. The van der Waals surface area contributed by atoms with Crippen LogP contribution in [0.4, 0.5) is 4.79 Å². The maximum Gasteiger partial charge on any atom is 0.408 e. The van der Waals surface area contributed by atoms with Gasteiger partial charge < -0.3 is 19.5 Å². The summed E-state index contributed by atoms with van der Waals surface area (Å²) in [5.74, 6) is -1.37. The van der Waals surface area contributed by atoms with E-state index in [0.717, 1.165) is 17.7 Å². The van der Waals surface area contributed by atoms with Crippen molar-refractivity contribution in [2.75, 3.05) is 13.7 Å². The van der Waals surface area contributed by atoms with Crippen LogP contribution in [0.25, 0.3) is 0 Å². The van der Waals surface area contributed by atoms with Crippen molar-refractivity contribution in [2.24, 2.45) is 0 Å². The Hall–Kier alpha value is -2.83. The number of esters is 2. The van der Waals surface area contributed by atoms with E-state index >= 15 is 0 Å². The number of benzene rings is 1. The van der Waals surface area contributed by atoms with Crippen molar-refractivity contribution < 1.29 is 28.6 Å². The van der Waals surface area contributed by atoms with Crippen molar-refractivity contribution in [1.29, 1.82) is 0 Å². The summed E-state index contributed by atoms with van der Waals surface area (Å²) >= 11 is 0. The van der Waals surface area contributed by atoms with Crippen LogP contribution >= 0.6 is 0 Å². The predicted molar refractivity (Wildman–Crippen MR) is 95.4 cm³/mol. The van der Waals surface area contributed by atoms with Crippen LogP contribution in [-0.4, -0.2) is 43.4 Å². The van der Waals surface area contributed by atoms with Crippen LogP contribution in [0, 0.1) is 0 Å². The molecule has 0 aromatic heterocycles. The summed E-state index contributed by atoms with van der Waals surface area (Å²) in [4.78, 5) is 34.7. The number of carbonyl (C=O) groups is 3. The Labute approximate surface area is 153 Å². The second-order valence-electron chi connectivity index (χ2n) is 6.52. The van der Waals surface area contributed by atoms with Gasteiger partial charge in [-0.05, 0) is 32.8 Å². The van der Waals surface area contributed by atoms with Crippen LogP contribution in [0.5, 0.6) is 0 Å². The fraction of sp³-hybridized carbons (Fsp3) is 0.421. The molecule has 26 heavy (non-hydrogen) atoms. The lowest BCUT2D eigenvalue weighted by Crippen LogP contribution is -2.43. The Morgan fingerprint density at radius 2 is 1.69 bits per heavy atom. The van der Waals surface area contributed by atoms with Crippen LogP contribution < -0.4 is 5.32 Å². The van der Waals surface area contributed by atoms with Gasteiger partial charge in [-0.15, -0.1) is 0 Å². The largest absolute Gasteiger partial charge is 0.466 e. The van der Waals surface area contributed by atoms with Crippen molar-refractivity contribution in [3.63, 3.8) is 0 Å². The van der Waals surface area contributed by atoms with E-state index in [2.05, 4.69) is 10.1 Å². The van der Waals surface area contributed by atoms with Gasteiger partial charge >= 0.3 is 18.0 Å². The Balaban J connectivity index is 2.68. The molecule has 1 N–H and O–H groups in total. The highest BCUT2D eigenvalue weighted by atomic mass is 16.6. The summed E-state index contributed by atoms with van der Waals surface area (Å²) in [6, 6.07) is 8.97. The van der Waals surface area contributed by atoms with Gasteiger partial charge in [0, 0.05) is 12.2 Å². The van der Waals surface area contributed by atoms with Gasteiger partial charge in [0.25, 0.3) is 0 Å². The first-order valence-electron chi connectivity index (χ1n) is 8.16. The fourth-order valence-electron chi connectivity index (χ4n) is 1.96. The second kappa shape index (κ2) is 10.2. The lowest BCUT2D eigenvalue weighted by Gasteiger charge is -2.23. The molecule has 0 fully saturated rings. The van der Waals surface area contributed by atoms with E-state index in [1.807, 2.05) is 30.3 Å². The number of hydrogen-bond donors (Lipinski definition) is 1. The third-order valence-corrected chi connectivity index (χ3v) is 3.03. The molecule has 1 atom stereocenters. The van der Waals surface area contributed by atoms with Crippen LogP contribution in [0.3, 0.4) is 0 Å². The van der Waals surface area contributed by atoms with Crippen LogP contribution in [0.1, 0.15) is 26.3 Å². The standard InChI is InChI=1S/C19H25NO6/c1-19(2,3)26-18(23)20-15(12-14-8-6-5-7-9-14)13-25-17(22)11-10-16(21)24-4/h5-11,15H,12-13H2,1-4H3,(H,20,23)/b11-10+/t15-/m1/s1. The first-order chi connectivity index (χ1) is 12.2. The Morgan fingerprint density at radius 1 is 1.08 bits per heavy atom. The zero-order chi connectivity index (χ0) is 19.6. The average Bonchev–Trinajstić information content (AvgIpc) is 2.56. The normalized spacial score (nSPS) is 12.3. The Kier molecular flexibility index (Phi) is 8.34. The van der Waals surface area contributed by atoms with E-state index in [9.17, 15) is 14.4 Å². The van der Waals surface area contributed by atoms with E-state index in [1.165, 1.54) is 7.11 Å². The molecule has 0 saturated heterocycles. The molecule has 0 unspecified atom stereocenters. The van der Waals surface area contributed by atoms with E-state index < -0.39 is 29.7 Å². The number of methoxy groups -OCH3 is 1. The molecule has 1 aromatic carbocycles. The van der Waals surface area contributed by atoms with E-state index in [0.29, 0.717) is 6.42 Å². The van der Waals surface area contributed by atoms with Crippen LogP contribution in [0.15, 0.2) is 42.5 Å². The Bertz CT molecular complexity index is 633. The maximum absolute atomic E-state index is 12.0. The number of nitrogens with one attached hydrogen (secondary N) is 1. The molecule has 0 aliphatic carbocycles. The van der Waals surface area contributed by atoms with Crippen molar-refractivity contribution in [3.8, 4) is 0 Å². The molecule has 0 aliphatic rings. The van der Waals surface area contributed by atoms with Gasteiger partial charge in [-0.1, -0.05) is 30.3 Å². The maximum atomic E-state index is 12.0. The minimum absolute atomic E-state index is 0.0709. The molecule has 0 aliphatic heterocycles. The summed E-state index contributed by atoms with van der Waals surface area (Å²) in [6.07, 6.45) is 1.79. The van der Waals surface area contributed by atoms with Gasteiger partial charge in [0.1, 0.15) is 12.2 Å². The molecule has 1 aromatic rings. The molecule has 0 bridgehead atoms. The molecule has 1 rings (SSSR count). The Morgan fingerprint density at radius 3 is 2.27 bits per heavy atom. The quantitative estimate of drug-likeness (QED) is 0.454. The van der Waals surface area contributed by atoms with Crippen LogP contribution in [-0.2, 0) is 30.2 Å². The summed E-state index contributed by atoms with van der Waals surface area (Å²) in [5, 5.41) is 2.70. The van der Waals surface area contributed by atoms with Gasteiger partial charge in [-0.25, -0.2) is 14.4 Å². The minimum atomic E-state index is -0.709. The first kappa shape index (κ1) is 21.2. The lowest BCUT2D eigenvalue weighted by atomic mass is 10.1. The first-order valence-corrected chi connectivity index (χ1v) is 8.16. The number of ether oxygens (including phenoxy) is 3. The number of hydrogen-bond acceptors (Lipinski definition) is 6. The number of alkyl carbamates (subject to hydrolysis) is 1. The molecule has 0 radical (unpaired) electrons. The highest BCUT2D eigenvalue weighted by Crippen LogP contribution is 2.09. The highest BCUT2D eigenvalue weighted by Gasteiger charge is 2.20. The van der Waals surface area contributed by atoms with Gasteiger partial charge in [0.2, 0.25) is 0 Å². The van der Waals surface area contributed by atoms with Crippen molar-refractivity contribution in [1.82, 2.24) is 5.32 Å². The summed E-state index contributed by atoms with van der Waals surface area (Å²) in [5.41, 5.74) is 0.330. The minimum Gasteiger partial charge on any atom is -0.466 e. The molecule has 0 spiro atoms. The smallest absolute Gasteiger partial charge is 0.408 e. The summed E-state index contributed by atoms with van der Waals surface area (Å²) in [6.45, 7) is 5.21. The van der Waals surface area contributed by atoms with E-state index in [1.54, 1.807) is 20.8 Å². The second-order valence-corrected chi connectivity index (χ2v) is 6.52. The molecule has 0 heterocycles. The molecule has 0 saturated carbocycles. The molecular formula is C19H25NO6. The third kappa shape index (κ3) is 9.46. The van der Waals surface area contributed by atoms with Gasteiger partial charge in [-0.3, -0.25) is 0 Å². The van der Waals surface area contributed by atoms with Crippen molar-refractivity contribution >= 4 is 18.0 Å². The van der Waals surface area contributed by atoms with Crippen LogP contribution in [0.2, 0.25) is 0 Å². The molecular weight excluding hydrogens is 338 g/mol. The van der Waals surface area contributed by atoms with Gasteiger partial charge in [0.15, 0.2) is 0 Å². The fourth-order valence-corrected chi connectivity index (χ4v) is 1.96. The van der Waals surface area contributed by atoms with E-state index in [-0.39, 0.29) is 6.61 Å². The third-order valence-electron chi connectivity index (χ3n) is 3.03. The zero-order valence-corrected chi connectivity index (χ0v) is 15.5. The average molecular weight is 363 g/mol. The number of amides is 1. The predicted octanol–water partition coefficient (Wildman–Crippen LogP) is 2.39. The zero-order valence-electron chi connectivity index (χ0n) is 15.5. The van der Waals surface area contributed by atoms with Crippen molar-refractivity contribution in [3.05, 3.63) is 48.0 Å². The molecule has 7 heteroatoms. The molecule has 1 amide bonds. The summed E-state index contributed by atoms with van der Waals surface area (Å²) in [7, 11) is 1.21. The van der Waals surface area contributed by atoms with Gasteiger partial charge in [0.05, 0.1) is 13.2 Å². The van der Waals surface area contributed by atoms with Crippen molar-refractivity contribution in [2.45, 2.75) is 38.8 Å². The number of carbonyl (C=O) groups excluding carboxylic acids is 3. The highest BCUT2D eigenvalue weighted by molar-refractivity contribution is 5.91. The lowest BCUT2D eigenvalue weighted by molar-refractivity contribution is -0.139. The molecule has 7 nitrogen and oxygen atoms in total. The summed E-state index contributed by atoms with van der Waals surface area (Å²) < 4.78 is 14.7. The SMILES string of the molecule is COC(=O)/C=C/C(=O)OC[C@@H](Cc1ccccc1)NC(=O)OC(C)(C)C.